The van der Waals surface area contributed by atoms with Crippen molar-refractivity contribution in [1.82, 2.24) is 20.0 Å². The number of nitrogens with two attached hydrogens (primary N) is 1. The van der Waals surface area contributed by atoms with Crippen molar-refractivity contribution in [2.45, 2.75) is 18.9 Å². The number of nitrogens with zero attached hydrogens (tertiary/aromatic N) is 4. The third-order valence-corrected chi connectivity index (χ3v) is 3.00. The molecule has 0 spiro atoms. The van der Waals surface area contributed by atoms with Gasteiger partial charge in [-0.1, -0.05) is 0 Å². The van der Waals surface area contributed by atoms with Crippen LogP contribution in [0.15, 0.2) is 18.3 Å². The van der Waals surface area contributed by atoms with E-state index in [1.54, 1.807) is 18.3 Å². The molecule has 2 heterocycles. The topological polar surface area (TPSA) is 108 Å². The van der Waals surface area contributed by atoms with Crippen LogP contribution in [0.4, 0.5) is 11.6 Å². The van der Waals surface area contributed by atoms with Gasteiger partial charge in [-0.2, -0.15) is 9.78 Å². The Morgan fingerprint density at radius 1 is 1.55 bits per heavy atom. The number of rotatable bonds is 4. The number of carbonyl (C=O) groups excluding carboxylic acids is 1. The van der Waals surface area contributed by atoms with Crippen LogP contribution in [0.5, 0.6) is 0 Å². The number of nitrogens with one attached hydrogen (secondary N) is 1. The van der Waals surface area contributed by atoms with Crippen molar-refractivity contribution >= 4 is 17.6 Å². The van der Waals surface area contributed by atoms with Crippen molar-refractivity contribution in [2.75, 3.05) is 18.2 Å². The number of nitrogen functional groups attached to an aromatic ring is 1. The smallest absolute Gasteiger partial charge is 0.345 e. The number of esters is 1. The van der Waals surface area contributed by atoms with E-state index in [2.05, 4.69) is 20.6 Å². The highest BCUT2D eigenvalue weighted by Crippen LogP contribution is 2.30. The van der Waals surface area contributed by atoms with Gasteiger partial charge in [0.1, 0.15) is 11.4 Å². The van der Waals surface area contributed by atoms with Crippen LogP contribution >= 0.6 is 0 Å². The summed E-state index contributed by atoms with van der Waals surface area (Å²) in [4.78, 5) is 11.9. The van der Waals surface area contributed by atoms with E-state index in [0.29, 0.717) is 17.7 Å². The second-order valence-corrected chi connectivity index (χ2v) is 4.51. The molecule has 3 N–H and O–H groups in total. The summed E-state index contributed by atoms with van der Waals surface area (Å²) in [5.74, 6) is 0.516. The fraction of sp³-hybridized carbons (Fsp3) is 0.333. The Morgan fingerprint density at radius 3 is 2.95 bits per heavy atom. The standard InChI is InChI=1S/C12H14N6O2/c1-20-12(19)9-10(13)18(8-3-2-6-14-16-8)17-11(9)15-7-4-5-7/h2-3,6-7H,4-5,13H2,1H3,(H,15,17). The van der Waals surface area contributed by atoms with E-state index in [4.69, 9.17) is 10.5 Å². The molecule has 8 heteroatoms. The van der Waals surface area contributed by atoms with E-state index >= 15 is 0 Å². The van der Waals surface area contributed by atoms with Crippen LogP contribution in [0.3, 0.4) is 0 Å². The van der Waals surface area contributed by atoms with Crippen LogP contribution in [0.2, 0.25) is 0 Å². The van der Waals surface area contributed by atoms with E-state index in [-0.39, 0.29) is 11.4 Å². The summed E-state index contributed by atoms with van der Waals surface area (Å²) >= 11 is 0. The highest BCUT2D eigenvalue weighted by molar-refractivity contribution is 6.00. The Balaban J connectivity index is 2.07. The van der Waals surface area contributed by atoms with E-state index in [9.17, 15) is 4.79 Å². The molecule has 1 aliphatic carbocycles. The molecule has 0 saturated heterocycles. The van der Waals surface area contributed by atoms with Crippen LogP contribution in [0, 0.1) is 0 Å². The molecular weight excluding hydrogens is 260 g/mol. The highest BCUT2D eigenvalue weighted by atomic mass is 16.5. The summed E-state index contributed by atoms with van der Waals surface area (Å²) in [6, 6.07) is 3.76. The second-order valence-electron chi connectivity index (χ2n) is 4.51. The van der Waals surface area contributed by atoms with Gasteiger partial charge in [-0.05, 0) is 25.0 Å². The van der Waals surface area contributed by atoms with Gasteiger partial charge in [0.15, 0.2) is 11.6 Å². The van der Waals surface area contributed by atoms with Crippen molar-refractivity contribution in [2.24, 2.45) is 0 Å². The molecule has 1 saturated carbocycles. The lowest BCUT2D eigenvalue weighted by Gasteiger charge is -2.02. The van der Waals surface area contributed by atoms with Crippen LogP contribution in [0.25, 0.3) is 5.82 Å². The van der Waals surface area contributed by atoms with Crippen LogP contribution in [-0.4, -0.2) is 39.1 Å². The van der Waals surface area contributed by atoms with Gasteiger partial charge in [0.05, 0.1) is 7.11 Å². The Hall–Kier alpha value is -2.64. The largest absolute Gasteiger partial charge is 0.465 e. The molecule has 2 aromatic heterocycles. The molecule has 0 atom stereocenters. The van der Waals surface area contributed by atoms with E-state index in [1.807, 2.05) is 0 Å². The first-order valence-electron chi connectivity index (χ1n) is 6.22. The maximum atomic E-state index is 11.9. The zero-order chi connectivity index (χ0) is 14.1. The van der Waals surface area contributed by atoms with Crippen molar-refractivity contribution in [3.8, 4) is 5.82 Å². The van der Waals surface area contributed by atoms with Gasteiger partial charge in [0.25, 0.3) is 0 Å². The van der Waals surface area contributed by atoms with Gasteiger partial charge in [-0.15, -0.1) is 10.2 Å². The van der Waals surface area contributed by atoms with Crippen molar-refractivity contribution in [1.29, 1.82) is 0 Å². The van der Waals surface area contributed by atoms with Gasteiger partial charge in [-0.25, -0.2) is 4.79 Å². The van der Waals surface area contributed by atoms with Crippen molar-refractivity contribution < 1.29 is 9.53 Å². The molecule has 0 unspecified atom stereocenters. The Bertz CT molecular complexity index is 635. The normalized spacial score (nSPS) is 14.1. The number of ether oxygens (including phenoxy) is 1. The molecule has 0 bridgehead atoms. The minimum atomic E-state index is -0.527. The van der Waals surface area contributed by atoms with Gasteiger partial charge in [0, 0.05) is 12.2 Å². The lowest BCUT2D eigenvalue weighted by Crippen LogP contribution is -2.10. The first-order valence-corrected chi connectivity index (χ1v) is 6.22. The minimum absolute atomic E-state index is 0.181. The maximum absolute atomic E-state index is 11.9. The average molecular weight is 274 g/mol. The number of hydrogen-bond acceptors (Lipinski definition) is 7. The molecular formula is C12H14N6O2. The Labute approximate surface area is 114 Å². The first-order chi connectivity index (χ1) is 9.70. The quantitative estimate of drug-likeness (QED) is 0.786. The van der Waals surface area contributed by atoms with Crippen molar-refractivity contribution in [3.63, 3.8) is 0 Å². The third-order valence-electron chi connectivity index (χ3n) is 3.00. The number of anilines is 2. The number of methoxy groups -OCH3 is 1. The van der Waals surface area contributed by atoms with Crippen LogP contribution in [0.1, 0.15) is 23.2 Å². The molecule has 8 nitrogen and oxygen atoms in total. The lowest BCUT2D eigenvalue weighted by atomic mass is 10.3. The Kier molecular flexibility index (Phi) is 2.97. The van der Waals surface area contributed by atoms with Crippen LogP contribution in [-0.2, 0) is 4.74 Å². The highest BCUT2D eigenvalue weighted by Gasteiger charge is 2.29. The molecule has 1 aliphatic rings. The third kappa shape index (κ3) is 2.15. The first kappa shape index (κ1) is 12.4. The zero-order valence-electron chi connectivity index (χ0n) is 10.9. The molecule has 2 aromatic rings. The van der Waals surface area contributed by atoms with Gasteiger partial charge in [0.2, 0.25) is 0 Å². The predicted molar refractivity (Wildman–Crippen MR) is 71.6 cm³/mol. The molecule has 0 aromatic carbocycles. The molecule has 1 fully saturated rings. The number of aromatic nitrogens is 4. The fourth-order valence-electron chi connectivity index (χ4n) is 1.84. The molecule has 0 radical (unpaired) electrons. The minimum Gasteiger partial charge on any atom is -0.465 e. The van der Waals surface area contributed by atoms with Gasteiger partial charge in [-0.3, -0.25) is 0 Å². The fourth-order valence-corrected chi connectivity index (χ4v) is 1.84. The predicted octanol–water partition coefficient (Wildman–Crippen LogP) is 0.605. The summed E-state index contributed by atoms with van der Waals surface area (Å²) in [5.41, 5.74) is 6.23. The summed E-state index contributed by atoms with van der Waals surface area (Å²) in [6.07, 6.45) is 3.66. The number of carbonyl (C=O) groups is 1. The van der Waals surface area contributed by atoms with E-state index < -0.39 is 5.97 Å². The van der Waals surface area contributed by atoms with Crippen LogP contribution < -0.4 is 11.1 Å². The summed E-state index contributed by atoms with van der Waals surface area (Å²) in [6.45, 7) is 0. The van der Waals surface area contributed by atoms with Gasteiger partial charge >= 0.3 is 5.97 Å². The maximum Gasteiger partial charge on any atom is 0.345 e. The second kappa shape index (κ2) is 4.80. The van der Waals surface area contributed by atoms with E-state index in [1.165, 1.54) is 11.8 Å². The Morgan fingerprint density at radius 2 is 2.35 bits per heavy atom. The lowest BCUT2D eigenvalue weighted by molar-refractivity contribution is 0.0603. The average Bonchev–Trinajstić information content (AvgIpc) is 3.22. The monoisotopic (exact) mass is 274 g/mol. The summed E-state index contributed by atoms with van der Waals surface area (Å²) in [7, 11) is 1.31. The molecule has 0 amide bonds. The molecule has 20 heavy (non-hydrogen) atoms. The number of hydrogen-bond donors (Lipinski definition) is 2. The summed E-state index contributed by atoms with van der Waals surface area (Å²) < 4.78 is 6.14. The van der Waals surface area contributed by atoms with Crippen molar-refractivity contribution in [3.05, 3.63) is 23.9 Å². The molecule has 104 valence electrons. The van der Waals surface area contributed by atoms with Gasteiger partial charge < -0.3 is 15.8 Å². The molecule has 3 rings (SSSR count). The summed E-state index contributed by atoms with van der Waals surface area (Å²) in [5, 5.41) is 15.2. The zero-order valence-corrected chi connectivity index (χ0v) is 10.9. The molecule has 0 aliphatic heterocycles. The van der Waals surface area contributed by atoms with E-state index in [0.717, 1.165) is 12.8 Å². The SMILES string of the molecule is COC(=O)c1c(NC2CC2)nn(-c2cccnn2)c1N.